The van der Waals surface area contributed by atoms with Crippen molar-refractivity contribution < 1.29 is 4.79 Å². The molecule has 1 aromatic heterocycles. The van der Waals surface area contributed by atoms with Gasteiger partial charge in [0.25, 0.3) is 0 Å². The lowest BCUT2D eigenvalue weighted by molar-refractivity contribution is -0.122. The van der Waals surface area contributed by atoms with Gasteiger partial charge < -0.3 is 10.6 Å². The standard InChI is InChI=1S/C17H21N3OS/c1-12(19-16(21)10-14-8-5-9-18-14)17-20-15(11-22-17)13-6-3-2-4-7-13/h2-4,6-7,11-12,14,18H,5,8-10H2,1H3,(H,19,21). The predicted octanol–water partition coefficient (Wildman–Crippen LogP) is 3.13. The van der Waals surface area contributed by atoms with Gasteiger partial charge in [-0.2, -0.15) is 0 Å². The van der Waals surface area contributed by atoms with Gasteiger partial charge in [0.2, 0.25) is 5.91 Å². The summed E-state index contributed by atoms with van der Waals surface area (Å²) >= 11 is 1.60. The van der Waals surface area contributed by atoms with Gasteiger partial charge in [0.1, 0.15) is 5.01 Å². The summed E-state index contributed by atoms with van der Waals surface area (Å²) in [6.45, 7) is 3.02. The number of hydrogen-bond donors (Lipinski definition) is 2. The van der Waals surface area contributed by atoms with Crippen molar-refractivity contribution in [3.05, 3.63) is 40.7 Å². The highest BCUT2D eigenvalue weighted by Crippen LogP contribution is 2.25. The second-order valence-corrected chi connectivity index (χ2v) is 6.61. The van der Waals surface area contributed by atoms with Crippen molar-refractivity contribution in [2.24, 2.45) is 0 Å². The third-order valence-corrected chi connectivity index (χ3v) is 4.96. The molecular weight excluding hydrogens is 294 g/mol. The first kappa shape index (κ1) is 15.2. The van der Waals surface area contributed by atoms with E-state index in [-0.39, 0.29) is 11.9 Å². The van der Waals surface area contributed by atoms with Crippen LogP contribution in [0, 0.1) is 0 Å². The van der Waals surface area contributed by atoms with Gasteiger partial charge in [-0.25, -0.2) is 4.98 Å². The fourth-order valence-electron chi connectivity index (χ4n) is 2.74. The van der Waals surface area contributed by atoms with E-state index in [1.165, 1.54) is 6.42 Å². The summed E-state index contributed by atoms with van der Waals surface area (Å²) in [5, 5.41) is 9.41. The second-order valence-electron chi connectivity index (χ2n) is 5.72. The number of aromatic nitrogens is 1. The Hall–Kier alpha value is -1.72. The Kier molecular flexibility index (Phi) is 4.85. The van der Waals surface area contributed by atoms with Gasteiger partial charge in [0.05, 0.1) is 11.7 Å². The largest absolute Gasteiger partial charge is 0.347 e. The highest BCUT2D eigenvalue weighted by molar-refractivity contribution is 7.10. The first-order valence-electron chi connectivity index (χ1n) is 7.76. The molecule has 5 heteroatoms. The average Bonchev–Trinajstić information content (AvgIpc) is 3.19. The third kappa shape index (κ3) is 3.72. The van der Waals surface area contributed by atoms with Crippen LogP contribution >= 0.6 is 11.3 Å². The van der Waals surface area contributed by atoms with E-state index < -0.39 is 0 Å². The number of benzene rings is 1. The molecule has 0 bridgehead atoms. The van der Waals surface area contributed by atoms with E-state index in [4.69, 9.17) is 0 Å². The van der Waals surface area contributed by atoms with E-state index >= 15 is 0 Å². The van der Waals surface area contributed by atoms with E-state index in [9.17, 15) is 4.79 Å². The molecule has 1 aliphatic rings. The van der Waals surface area contributed by atoms with E-state index in [1.54, 1.807) is 11.3 Å². The summed E-state index contributed by atoms with van der Waals surface area (Å²) < 4.78 is 0. The zero-order valence-corrected chi connectivity index (χ0v) is 13.5. The number of hydrogen-bond acceptors (Lipinski definition) is 4. The molecule has 4 nitrogen and oxygen atoms in total. The molecule has 1 aromatic carbocycles. The molecular formula is C17H21N3OS. The van der Waals surface area contributed by atoms with Crippen LogP contribution in [-0.4, -0.2) is 23.5 Å². The Balaban J connectivity index is 1.59. The molecule has 2 unspecified atom stereocenters. The average molecular weight is 315 g/mol. The molecule has 2 aromatic rings. The minimum absolute atomic E-state index is 0.0450. The Bertz CT molecular complexity index is 620. The number of nitrogens with zero attached hydrogens (tertiary/aromatic N) is 1. The lowest BCUT2D eigenvalue weighted by Crippen LogP contribution is -2.33. The minimum atomic E-state index is -0.0450. The maximum Gasteiger partial charge on any atom is 0.222 e. The summed E-state index contributed by atoms with van der Waals surface area (Å²) in [7, 11) is 0. The maximum atomic E-state index is 12.1. The Morgan fingerprint density at radius 1 is 1.45 bits per heavy atom. The van der Waals surface area contributed by atoms with E-state index in [2.05, 4.69) is 15.6 Å². The van der Waals surface area contributed by atoms with Crippen molar-refractivity contribution in [2.75, 3.05) is 6.54 Å². The number of carbonyl (C=O) groups is 1. The van der Waals surface area contributed by atoms with Gasteiger partial charge >= 0.3 is 0 Å². The van der Waals surface area contributed by atoms with Crippen LogP contribution < -0.4 is 10.6 Å². The van der Waals surface area contributed by atoms with Crippen molar-refractivity contribution in [3.8, 4) is 11.3 Å². The number of amides is 1. The molecule has 0 spiro atoms. The van der Waals surface area contributed by atoms with Crippen molar-refractivity contribution in [3.63, 3.8) is 0 Å². The molecule has 0 aliphatic carbocycles. The lowest BCUT2D eigenvalue weighted by Gasteiger charge is -2.14. The van der Waals surface area contributed by atoms with Crippen molar-refractivity contribution in [1.82, 2.24) is 15.6 Å². The van der Waals surface area contributed by atoms with Crippen LogP contribution in [0.5, 0.6) is 0 Å². The number of rotatable bonds is 5. The molecule has 2 N–H and O–H groups in total. The quantitative estimate of drug-likeness (QED) is 0.891. The molecule has 2 heterocycles. The lowest BCUT2D eigenvalue weighted by atomic mass is 10.1. The molecule has 22 heavy (non-hydrogen) atoms. The molecule has 0 saturated carbocycles. The topological polar surface area (TPSA) is 54.0 Å². The van der Waals surface area contributed by atoms with Crippen molar-refractivity contribution in [2.45, 2.75) is 38.3 Å². The van der Waals surface area contributed by atoms with Gasteiger partial charge in [0, 0.05) is 23.4 Å². The predicted molar refractivity (Wildman–Crippen MR) is 89.7 cm³/mol. The van der Waals surface area contributed by atoms with E-state index in [0.29, 0.717) is 12.5 Å². The van der Waals surface area contributed by atoms with Crippen LogP contribution in [0.4, 0.5) is 0 Å². The number of carbonyl (C=O) groups excluding carboxylic acids is 1. The highest BCUT2D eigenvalue weighted by atomic mass is 32.1. The molecule has 0 radical (unpaired) electrons. The van der Waals surface area contributed by atoms with Gasteiger partial charge in [0.15, 0.2) is 0 Å². The zero-order chi connectivity index (χ0) is 15.4. The van der Waals surface area contributed by atoms with Gasteiger partial charge in [-0.05, 0) is 26.3 Å². The molecule has 1 fully saturated rings. The van der Waals surface area contributed by atoms with Crippen LogP contribution in [0.25, 0.3) is 11.3 Å². The van der Waals surface area contributed by atoms with E-state index in [1.807, 2.05) is 42.6 Å². The fourth-order valence-corrected chi connectivity index (χ4v) is 3.58. The van der Waals surface area contributed by atoms with Crippen molar-refractivity contribution in [1.29, 1.82) is 0 Å². The summed E-state index contributed by atoms with van der Waals surface area (Å²) in [6, 6.07) is 10.4. The first-order chi connectivity index (χ1) is 10.7. The minimum Gasteiger partial charge on any atom is -0.347 e. The monoisotopic (exact) mass is 315 g/mol. The zero-order valence-electron chi connectivity index (χ0n) is 12.7. The maximum absolute atomic E-state index is 12.1. The normalized spacial score (nSPS) is 19.0. The molecule has 1 aliphatic heterocycles. The Morgan fingerprint density at radius 2 is 2.27 bits per heavy atom. The van der Waals surface area contributed by atoms with E-state index in [0.717, 1.165) is 29.2 Å². The van der Waals surface area contributed by atoms with Crippen LogP contribution in [-0.2, 0) is 4.79 Å². The smallest absolute Gasteiger partial charge is 0.222 e. The first-order valence-corrected chi connectivity index (χ1v) is 8.64. The Labute approximate surface area is 135 Å². The third-order valence-electron chi connectivity index (χ3n) is 3.93. The summed E-state index contributed by atoms with van der Waals surface area (Å²) in [5.74, 6) is 0.100. The summed E-state index contributed by atoms with van der Waals surface area (Å²) in [5.41, 5.74) is 2.08. The van der Waals surface area contributed by atoms with Gasteiger partial charge in [-0.15, -0.1) is 11.3 Å². The highest BCUT2D eigenvalue weighted by Gasteiger charge is 2.20. The van der Waals surface area contributed by atoms with Crippen LogP contribution in [0.3, 0.4) is 0 Å². The molecule has 2 atom stereocenters. The van der Waals surface area contributed by atoms with Gasteiger partial charge in [-0.3, -0.25) is 4.79 Å². The molecule has 3 rings (SSSR count). The fraction of sp³-hybridized carbons (Fsp3) is 0.412. The van der Waals surface area contributed by atoms with Crippen LogP contribution in [0.2, 0.25) is 0 Å². The molecule has 1 amide bonds. The van der Waals surface area contributed by atoms with Crippen molar-refractivity contribution >= 4 is 17.2 Å². The Morgan fingerprint density at radius 3 is 3.00 bits per heavy atom. The summed E-state index contributed by atoms with van der Waals surface area (Å²) in [4.78, 5) is 16.7. The van der Waals surface area contributed by atoms with Crippen LogP contribution in [0.15, 0.2) is 35.7 Å². The number of nitrogens with one attached hydrogen (secondary N) is 2. The SMILES string of the molecule is CC(NC(=O)CC1CCCN1)c1nc(-c2ccccc2)cs1. The second kappa shape index (κ2) is 7.03. The number of thiazole rings is 1. The molecule has 116 valence electrons. The van der Waals surface area contributed by atoms with Crippen LogP contribution in [0.1, 0.15) is 37.2 Å². The van der Waals surface area contributed by atoms with Gasteiger partial charge in [-0.1, -0.05) is 30.3 Å². The molecule has 1 saturated heterocycles. The summed E-state index contributed by atoms with van der Waals surface area (Å²) in [6.07, 6.45) is 2.82.